The summed E-state index contributed by atoms with van der Waals surface area (Å²) in [6.45, 7) is 0.676. The van der Waals surface area contributed by atoms with Crippen molar-refractivity contribution in [2.24, 2.45) is 0 Å². The minimum absolute atomic E-state index is 0. The molecule has 3 N–H and O–H groups in total. The molecule has 0 spiro atoms. The van der Waals surface area contributed by atoms with E-state index in [1.165, 1.54) is 11.8 Å². The van der Waals surface area contributed by atoms with Crippen LogP contribution in [0, 0.1) is 10.1 Å². The predicted octanol–water partition coefficient (Wildman–Crippen LogP) is 1.53. The van der Waals surface area contributed by atoms with Gasteiger partial charge in [0.1, 0.15) is 10.8 Å². The van der Waals surface area contributed by atoms with Crippen LogP contribution in [0.15, 0.2) is 29.6 Å². The molecule has 0 amide bonds. The molecule has 0 saturated heterocycles. The Labute approximate surface area is 132 Å². The first-order valence-corrected chi connectivity index (χ1v) is 8.23. The number of ether oxygens (including phenoxy) is 1. The van der Waals surface area contributed by atoms with Crippen molar-refractivity contribution in [3.63, 3.8) is 0 Å². The minimum Gasteiger partial charge on any atom is -0.497 e. The van der Waals surface area contributed by atoms with Gasteiger partial charge in [-0.25, -0.2) is 0 Å². The van der Waals surface area contributed by atoms with Crippen LogP contribution >= 0.6 is 23.5 Å². The molecule has 0 aliphatic heterocycles. The van der Waals surface area contributed by atoms with Crippen molar-refractivity contribution in [2.45, 2.75) is 5.75 Å². The molecule has 0 atom stereocenters. The molecule has 1 heterocycles. The van der Waals surface area contributed by atoms with Crippen molar-refractivity contribution in [3.05, 3.63) is 45.4 Å². The summed E-state index contributed by atoms with van der Waals surface area (Å²) in [4.78, 5) is 14.2. The Balaban J connectivity index is 0.00000400. The maximum Gasteiger partial charge on any atom is 0.263 e. The third kappa shape index (κ3) is 8.43. The average Bonchev–Trinajstić information content (AvgIpc) is 2.45. The molecule has 118 valence electrons. The van der Waals surface area contributed by atoms with E-state index >= 15 is 0 Å². The molecule has 0 aliphatic carbocycles. The molecular formula is C12H19N3O4S2. The van der Waals surface area contributed by atoms with E-state index in [4.69, 9.17) is 4.74 Å². The summed E-state index contributed by atoms with van der Waals surface area (Å²) >= 11 is 3.04. The van der Waals surface area contributed by atoms with Gasteiger partial charge in [0.05, 0.1) is 17.7 Å². The second kappa shape index (κ2) is 11.2. The van der Waals surface area contributed by atoms with Gasteiger partial charge in [0.25, 0.3) is 6.20 Å². The maximum absolute atomic E-state index is 10.4. The van der Waals surface area contributed by atoms with Gasteiger partial charge < -0.3 is 15.5 Å². The molecule has 0 saturated carbocycles. The summed E-state index contributed by atoms with van der Waals surface area (Å²) in [6, 6.07) is 3.71. The normalized spacial score (nSPS) is 10.7. The van der Waals surface area contributed by atoms with E-state index in [0.717, 1.165) is 29.1 Å². The highest BCUT2D eigenvalue weighted by atomic mass is 32.2. The van der Waals surface area contributed by atoms with Gasteiger partial charge >= 0.3 is 0 Å². The summed E-state index contributed by atoms with van der Waals surface area (Å²) in [7, 11) is 1.63. The fourth-order valence-corrected chi connectivity index (χ4v) is 2.55. The molecule has 0 radical (unpaired) electrons. The molecule has 0 fully saturated rings. The zero-order chi connectivity index (χ0) is 14.8. The van der Waals surface area contributed by atoms with E-state index < -0.39 is 4.92 Å². The van der Waals surface area contributed by atoms with Crippen molar-refractivity contribution in [1.82, 2.24) is 10.3 Å². The Hall–Kier alpha value is -1.45. The first kappa shape index (κ1) is 19.6. The highest BCUT2D eigenvalue weighted by Gasteiger charge is 2.01. The summed E-state index contributed by atoms with van der Waals surface area (Å²) in [5.41, 5.74) is 0.959. The van der Waals surface area contributed by atoms with Crippen LogP contribution in [0.3, 0.4) is 0 Å². The third-order valence-electron chi connectivity index (χ3n) is 2.26. The van der Waals surface area contributed by atoms with Crippen LogP contribution in [0.5, 0.6) is 5.75 Å². The van der Waals surface area contributed by atoms with Crippen LogP contribution in [0.1, 0.15) is 5.69 Å². The third-order valence-corrected chi connectivity index (χ3v) is 3.94. The van der Waals surface area contributed by atoms with Crippen LogP contribution in [0.4, 0.5) is 0 Å². The number of hydrogen-bond donors (Lipinski definition) is 1. The predicted molar refractivity (Wildman–Crippen MR) is 87.2 cm³/mol. The molecule has 7 nitrogen and oxygen atoms in total. The quantitative estimate of drug-likeness (QED) is 0.414. The summed E-state index contributed by atoms with van der Waals surface area (Å²) in [5.74, 6) is 2.42. The van der Waals surface area contributed by atoms with Crippen molar-refractivity contribution >= 4 is 23.5 Å². The lowest BCUT2D eigenvalue weighted by Crippen LogP contribution is -2.15. The first-order chi connectivity index (χ1) is 9.65. The monoisotopic (exact) mass is 333 g/mol. The van der Waals surface area contributed by atoms with Gasteiger partial charge in [-0.1, -0.05) is 0 Å². The van der Waals surface area contributed by atoms with E-state index in [2.05, 4.69) is 10.3 Å². The van der Waals surface area contributed by atoms with Crippen molar-refractivity contribution in [1.29, 1.82) is 0 Å². The Morgan fingerprint density at radius 2 is 2.38 bits per heavy atom. The summed E-state index contributed by atoms with van der Waals surface area (Å²) < 4.78 is 5.13. The lowest BCUT2D eigenvalue weighted by Gasteiger charge is -2.06. The number of nitro groups is 1. The molecular weight excluding hydrogens is 314 g/mol. The van der Waals surface area contributed by atoms with Crippen LogP contribution in [0.25, 0.3) is 0 Å². The van der Waals surface area contributed by atoms with Gasteiger partial charge in [-0.15, -0.1) is 11.8 Å². The Morgan fingerprint density at radius 3 is 3.00 bits per heavy atom. The van der Waals surface area contributed by atoms with Gasteiger partial charge in [0.15, 0.2) is 0 Å². The molecule has 1 aromatic heterocycles. The van der Waals surface area contributed by atoms with Crippen LogP contribution in [-0.2, 0) is 5.75 Å². The minimum atomic E-state index is -0.452. The number of thioether (sulfide) groups is 2. The molecule has 1 aromatic rings. The Bertz CT molecular complexity index is 472. The average molecular weight is 333 g/mol. The fourth-order valence-electron chi connectivity index (χ4n) is 1.35. The molecule has 0 bridgehead atoms. The second-order valence-electron chi connectivity index (χ2n) is 3.65. The van der Waals surface area contributed by atoms with Gasteiger partial charge in [0.2, 0.25) is 0 Å². The standard InChI is InChI=1S/C12H17N3O3S2.H2O/c1-18-11-3-4-13-10(7-11)9-20-6-5-14-12(19-2)8-15(16)17;/h3-4,7-8,14H,5-6,9H2,1-2H3;1H2/b12-8-;. The van der Waals surface area contributed by atoms with Crippen LogP contribution < -0.4 is 10.1 Å². The van der Waals surface area contributed by atoms with Crippen molar-refractivity contribution in [3.8, 4) is 5.75 Å². The molecule has 0 unspecified atom stereocenters. The van der Waals surface area contributed by atoms with E-state index in [1.54, 1.807) is 31.3 Å². The zero-order valence-electron chi connectivity index (χ0n) is 11.9. The van der Waals surface area contributed by atoms with Gasteiger partial charge in [-0.05, 0) is 12.3 Å². The summed E-state index contributed by atoms with van der Waals surface area (Å²) in [6.07, 6.45) is 4.51. The number of methoxy groups -OCH3 is 1. The zero-order valence-corrected chi connectivity index (χ0v) is 13.5. The first-order valence-electron chi connectivity index (χ1n) is 5.85. The SMILES string of the molecule is COc1ccnc(CSCCN/C(=C/[N+](=O)[O-])SC)c1.O. The number of aromatic nitrogens is 1. The molecule has 0 aromatic carbocycles. The van der Waals surface area contributed by atoms with Crippen LogP contribution in [0.2, 0.25) is 0 Å². The maximum atomic E-state index is 10.4. The van der Waals surface area contributed by atoms with E-state index in [0.29, 0.717) is 11.6 Å². The number of nitrogens with zero attached hydrogens (tertiary/aromatic N) is 2. The van der Waals surface area contributed by atoms with E-state index in [1.807, 2.05) is 12.1 Å². The fraction of sp³-hybridized carbons (Fsp3) is 0.417. The lowest BCUT2D eigenvalue weighted by molar-refractivity contribution is -0.403. The largest absolute Gasteiger partial charge is 0.497 e. The Morgan fingerprint density at radius 1 is 1.62 bits per heavy atom. The highest BCUT2D eigenvalue weighted by Crippen LogP contribution is 2.15. The van der Waals surface area contributed by atoms with Crippen LogP contribution in [-0.4, -0.2) is 41.0 Å². The number of hydrogen-bond acceptors (Lipinski definition) is 7. The number of nitrogens with one attached hydrogen (secondary N) is 1. The van der Waals surface area contributed by atoms with Gasteiger partial charge in [0, 0.05) is 30.3 Å². The van der Waals surface area contributed by atoms with E-state index in [-0.39, 0.29) is 5.48 Å². The smallest absolute Gasteiger partial charge is 0.263 e. The van der Waals surface area contributed by atoms with Gasteiger partial charge in [-0.3, -0.25) is 15.1 Å². The van der Waals surface area contributed by atoms with Gasteiger partial charge in [-0.2, -0.15) is 11.8 Å². The van der Waals surface area contributed by atoms with Crippen molar-refractivity contribution in [2.75, 3.05) is 25.7 Å². The lowest BCUT2D eigenvalue weighted by atomic mass is 10.3. The number of pyridine rings is 1. The molecule has 1 rings (SSSR count). The molecule has 21 heavy (non-hydrogen) atoms. The highest BCUT2D eigenvalue weighted by molar-refractivity contribution is 8.02. The number of rotatable bonds is 9. The van der Waals surface area contributed by atoms with Crippen molar-refractivity contribution < 1.29 is 15.1 Å². The van der Waals surface area contributed by atoms with E-state index in [9.17, 15) is 10.1 Å². The second-order valence-corrected chi connectivity index (χ2v) is 5.60. The summed E-state index contributed by atoms with van der Waals surface area (Å²) in [5, 5.41) is 13.9. The molecule has 9 heteroatoms. The molecule has 0 aliphatic rings. The Kier molecular flexibility index (Phi) is 10.5. The topological polar surface area (TPSA) is 109 Å².